The van der Waals surface area contributed by atoms with Gasteiger partial charge in [-0.1, -0.05) is 19.1 Å². The fraction of sp³-hybridized carbons (Fsp3) is 0.400. The van der Waals surface area contributed by atoms with Crippen molar-refractivity contribution in [1.29, 1.82) is 0 Å². The average Bonchev–Trinajstić information content (AvgIpc) is 2.15. The van der Waals surface area contributed by atoms with Crippen LogP contribution in [0, 0.1) is 5.82 Å². The molecule has 0 aromatic heterocycles. The Morgan fingerprint density at radius 1 is 1.38 bits per heavy atom. The molecule has 0 bridgehead atoms. The zero-order chi connectivity index (χ0) is 9.68. The zero-order valence-corrected chi connectivity index (χ0v) is 7.63. The minimum absolute atomic E-state index is 0.278. The summed E-state index contributed by atoms with van der Waals surface area (Å²) in [6, 6.07) is 5.89. The highest BCUT2D eigenvalue weighted by atomic mass is 19.1. The van der Waals surface area contributed by atoms with Gasteiger partial charge in [-0.25, -0.2) is 4.39 Å². The van der Waals surface area contributed by atoms with Crippen molar-refractivity contribution in [3.63, 3.8) is 0 Å². The zero-order valence-electron chi connectivity index (χ0n) is 7.63. The summed E-state index contributed by atoms with van der Waals surface area (Å²) >= 11 is 0. The van der Waals surface area contributed by atoms with E-state index in [0.717, 1.165) is 12.1 Å². The fourth-order valence-corrected chi connectivity index (χ4v) is 1.08. The third kappa shape index (κ3) is 3.13. The molecular formula is C10H14FNO. The summed E-state index contributed by atoms with van der Waals surface area (Å²) < 4.78 is 12.5. The van der Waals surface area contributed by atoms with E-state index >= 15 is 0 Å². The van der Waals surface area contributed by atoms with Crippen LogP contribution < -0.4 is 5.32 Å². The number of halogens is 1. The summed E-state index contributed by atoms with van der Waals surface area (Å²) in [6.07, 6.45) is -0.555. The molecule has 0 aliphatic rings. The summed E-state index contributed by atoms with van der Waals surface area (Å²) in [7, 11) is 0. The first-order chi connectivity index (χ1) is 6.24. The van der Waals surface area contributed by atoms with Gasteiger partial charge in [0.05, 0.1) is 6.10 Å². The lowest BCUT2D eigenvalue weighted by atomic mass is 10.1. The van der Waals surface area contributed by atoms with Gasteiger partial charge in [0.1, 0.15) is 5.82 Å². The topological polar surface area (TPSA) is 32.3 Å². The molecule has 0 spiro atoms. The molecule has 0 radical (unpaired) electrons. The molecule has 1 rings (SSSR count). The first-order valence-corrected chi connectivity index (χ1v) is 4.38. The average molecular weight is 183 g/mol. The van der Waals surface area contributed by atoms with Crippen LogP contribution in [0.3, 0.4) is 0 Å². The first kappa shape index (κ1) is 10.2. The summed E-state index contributed by atoms with van der Waals surface area (Å²) in [6.45, 7) is 3.29. The smallest absolute Gasteiger partial charge is 0.123 e. The molecule has 2 N–H and O–H groups in total. The second kappa shape index (κ2) is 4.94. The van der Waals surface area contributed by atoms with E-state index < -0.39 is 6.10 Å². The molecule has 0 aliphatic heterocycles. The van der Waals surface area contributed by atoms with Crippen LogP contribution in [-0.4, -0.2) is 18.2 Å². The van der Waals surface area contributed by atoms with Gasteiger partial charge >= 0.3 is 0 Å². The van der Waals surface area contributed by atoms with Crippen LogP contribution in [0.15, 0.2) is 24.3 Å². The maximum atomic E-state index is 12.5. The molecule has 13 heavy (non-hydrogen) atoms. The van der Waals surface area contributed by atoms with Gasteiger partial charge in [0.25, 0.3) is 0 Å². The Morgan fingerprint density at radius 3 is 2.54 bits per heavy atom. The van der Waals surface area contributed by atoms with Gasteiger partial charge in [0.2, 0.25) is 0 Å². The van der Waals surface area contributed by atoms with E-state index in [-0.39, 0.29) is 5.82 Å². The van der Waals surface area contributed by atoms with Gasteiger partial charge in [-0.3, -0.25) is 0 Å². The minimum atomic E-state index is -0.555. The number of hydrogen-bond donors (Lipinski definition) is 2. The van der Waals surface area contributed by atoms with E-state index in [1.807, 2.05) is 6.92 Å². The lowest BCUT2D eigenvalue weighted by Gasteiger charge is -2.10. The molecule has 1 aromatic rings. The van der Waals surface area contributed by atoms with Crippen molar-refractivity contribution in [3.8, 4) is 0 Å². The van der Waals surface area contributed by atoms with Crippen LogP contribution >= 0.6 is 0 Å². The maximum Gasteiger partial charge on any atom is 0.123 e. The van der Waals surface area contributed by atoms with Gasteiger partial charge in [0, 0.05) is 6.54 Å². The normalized spacial score (nSPS) is 12.8. The second-order valence-corrected chi connectivity index (χ2v) is 2.88. The van der Waals surface area contributed by atoms with Crippen molar-refractivity contribution < 1.29 is 9.50 Å². The molecule has 3 heteroatoms. The van der Waals surface area contributed by atoms with E-state index in [0.29, 0.717) is 6.54 Å². The van der Waals surface area contributed by atoms with Crippen LogP contribution in [0.1, 0.15) is 18.6 Å². The van der Waals surface area contributed by atoms with Gasteiger partial charge < -0.3 is 10.4 Å². The standard InChI is InChI=1S/C10H14FNO/c1-2-12-7-10(13)8-3-5-9(11)6-4-8/h3-6,10,12-13H,2,7H2,1H3. The number of aliphatic hydroxyl groups is 1. The Morgan fingerprint density at radius 2 is 2.00 bits per heavy atom. The van der Waals surface area contributed by atoms with Crippen LogP contribution in [0.4, 0.5) is 4.39 Å². The number of likely N-dealkylation sites (N-methyl/N-ethyl adjacent to an activating group) is 1. The lowest BCUT2D eigenvalue weighted by molar-refractivity contribution is 0.175. The van der Waals surface area contributed by atoms with Gasteiger partial charge in [-0.2, -0.15) is 0 Å². The number of benzene rings is 1. The van der Waals surface area contributed by atoms with Crippen LogP contribution in [-0.2, 0) is 0 Å². The van der Waals surface area contributed by atoms with Gasteiger partial charge in [0.15, 0.2) is 0 Å². The Labute approximate surface area is 77.4 Å². The molecule has 72 valence electrons. The largest absolute Gasteiger partial charge is 0.387 e. The maximum absolute atomic E-state index is 12.5. The summed E-state index contributed by atoms with van der Waals surface area (Å²) in [5, 5.41) is 12.6. The van der Waals surface area contributed by atoms with Crippen molar-refractivity contribution >= 4 is 0 Å². The van der Waals surface area contributed by atoms with Crippen molar-refractivity contribution in [3.05, 3.63) is 35.6 Å². The molecule has 0 saturated heterocycles. The van der Waals surface area contributed by atoms with E-state index in [1.54, 1.807) is 12.1 Å². The fourth-order valence-electron chi connectivity index (χ4n) is 1.08. The Balaban J connectivity index is 2.55. The molecule has 0 amide bonds. The molecule has 2 nitrogen and oxygen atoms in total. The van der Waals surface area contributed by atoms with Crippen molar-refractivity contribution in [2.24, 2.45) is 0 Å². The summed E-state index contributed by atoms with van der Waals surface area (Å²) in [5.74, 6) is -0.278. The minimum Gasteiger partial charge on any atom is -0.387 e. The predicted octanol–water partition coefficient (Wildman–Crippen LogP) is 1.47. The molecule has 1 aromatic carbocycles. The molecule has 0 saturated carbocycles. The number of rotatable bonds is 4. The second-order valence-electron chi connectivity index (χ2n) is 2.88. The highest BCUT2D eigenvalue weighted by molar-refractivity contribution is 5.18. The summed E-state index contributed by atoms with van der Waals surface area (Å²) in [5.41, 5.74) is 0.738. The third-order valence-corrected chi connectivity index (χ3v) is 1.84. The van der Waals surface area contributed by atoms with Crippen molar-refractivity contribution in [1.82, 2.24) is 5.32 Å². The van der Waals surface area contributed by atoms with E-state index in [1.165, 1.54) is 12.1 Å². The van der Waals surface area contributed by atoms with Crippen LogP contribution in [0.25, 0.3) is 0 Å². The van der Waals surface area contributed by atoms with Crippen molar-refractivity contribution in [2.75, 3.05) is 13.1 Å². The van der Waals surface area contributed by atoms with Crippen LogP contribution in [0.2, 0.25) is 0 Å². The molecular weight excluding hydrogens is 169 g/mol. The number of nitrogens with one attached hydrogen (secondary N) is 1. The lowest BCUT2D eigenvalue weighted by Crippen LogP contribution is -2.20. The first-order valence-electron chi connectivity index (χ1n) is 4.38. The van der Waals surface area contributed by atoms with E-state index in [4.69, 9.17) is 0 Å². The van der Waals surface area contributed by atoms with E-state index in [2.05, 4.69) is 5.32 Å². The molecule has 1 atom stereocenters. The van der Waals surface area contributed by atoms with Gasteiger partial charge in [-0.15, -0.1) is 0 Å². The third-order valence-electron chi connectivity index (χ3n) is 1.84. The van der Waals surface area contributed by atoms with Crippen LogP contribution in [0.5, 0.6) is 0 Å². The molecule has 1 unspecified atom stereocenters. The number of aliphatic hydroxyl groups excluding tert-OH is 1. The summed E-state index contributed by atoms with van der Waals surface area (Å²) in [4.78, 5) is 0. The number of hydrogen-bond acceptors (Lipinski definition) is 2. The Kier molecular flexibility index (Phi) is 3.86. The monoisotopic (exact) mass is 183 g/mol. The highest BCUT2D eigenvalue weighted by Gasteiger charge is 2.05. The quantitative estimate of drug-likeness (QED) is 0.740. The molecule has 0 heterocycles. The van der Waals surface area contributed by atoms with Gasteiger partial charge in [-0.05, 0) is 24.2 Å². The Bertz CT molecular complexity index is 248. The SMILES string of the molecule is CCNCC(O)c1ccc(F)cc1. The highest BCUT2D eigenvalue weighted by Crippen LogP contribution is 2.11. The molecule has 0 fully saturated rings. The molecule has 0 aliphatic carbocycles. The Hall–Kier alpha value is -0.930. The van der Waals surface area contributed by atoms with E-state index in [9.17, 15) is 9.50 Å². The predicted molar refractivity (Wildman–Crippen MR) is 49.9 cm³/mol. The van der Waals surface area contributed by atoms with Crippen molar-refractivity contribution in [2.45, 2.75) is 13.0 Å².